The molecule has 0 radical (unpaired) electrons. The molecule has 3 amide bonds. The molecule has 3 atom stereocenters. The van der Waals surface area contributed by atoms with Gasteiger partial charge in [0, 0.05) is 25.4 Å². The Hall–Kier alpha value is -3.04. The van der Waals surface area contributed by atoms with Crippen LogP contribution in [-0.4, -0.2) is 60.3 Å². The van der Waals surface area contributed by atoms with E-state index in [9.17, 15) is 28.9 Å². The van der Waals surface area contributed by atoms with E-state index in [4.69, 9.17) is 0 Å². The van der Waals surface area contributed by atoms with Crippen molar-refractivity contribution < 1.29 is 23.7 Å². The van der Waals surface area contributed by atoms with Gasteiger partial charge in [-0.3, -0.25) is 24.5 Å². The SMILES string of the molecule is CC(C)C[C@H](C[N+](=O)[O-])C(=O)N[C@H](C(=O)N[C@@H](Cc1cccc(F)c1)C(=O)N(C)C)C(C)(C)C. The number of hydrogen-bond donors (Lipinski definition) is 2. The summed E-state index contributed by atoms with van der Waals surface area (Å²) in [4.78, 5) is 50.8. The summed E-state index contributed by atoms with van der Waals surface area (Å²) >= 11 is 0. The van der Waals surface area contributed by atoms with Crippen molar-refractivity contribution in [2.45, 2.75) is 59.5 Å². The fourth-order valence-corrected chi connectivity index (χ4v) is 3.62. The molecular formula is C24H37FN4O5. The van der Waals surface area contributed by atoms with E-state index in [-0.39, 0.29) is 18.2 Å². The fraction of sp³-hybridized carbons (Fsp3) is 0.625. The summed E-state index contributed by atoms with van der Waals surface area (Å²) in [5.74, 6) is -2.86. The highest BCUT2D eigenvalue weighted by Gasteiger charge is 2.37. The van der Waals surface area contributed by atoms with Crippen molar-refractivity contribution in [1.29, 1.82) is 0 Å². The van der Waals surface area contributed by atoms with Crippen LogP contribution in [-0.2, 0) is 20.8 Å². The Kier molecular flexibility index (Phi) is 10.6. The van der Waals surface area contributed by atoms with Gasteiger partial charge in [0.25, 0.3) is 0 Å². The first-order valence-electron chi connectivity index (χ1n) is 11.3. The average Bonchev–Trinajstić information content (AvgIpc) is 2.68. The second-order valence-corrected chi connectivity index (χ2v) is 10.3. The highest BCUT2D eigenvalue weighted by molar-refractivity contribution is 5.93. The molecule has 0 aromatic heterocycles. The average molecular weight is 481 g/mol. The third-order valence-corrected chi connectivity index (χ3v) is 5.30. The van der Waals surface area contributed by atoms with Crippen LogP contribution in [0.4, 0.5) is 4.39 Å². The fourth-order valence-electron chi connectivity index (χ4n) is 3.62. The third-order valence-electron chi connectivity index (χ3n) is 5.30. The number of nitrogens with one attached hydrogen (secondary N) is 2. The van der Waals surface area contributed by atoms with Crippen molar-refractivity contribution in [3.8, 4) is 0 Å². The normalized spacial score (nSPS) is 14.1. The number of nitrogens with zero attached hydrogens (tertiary/aromatic N) is 2. The van der Waals surface area contributed by atoms with Gasteiger partial charge in [0.15, 0.2) is 0 Å². The summed E-state index contributed by atoms with van der Waals surface area (Å²) in [6.45, 7) is 8.42. The van der Waals surface area contributed by atoms with Gasteiger partial charge in [-0.25, -0.2) is 4.39 Å². The van der Waals surface area contributed by atoms with E-state index >= 15 is 0 Å². The van der Waals surface area contributed by atoms with E-state index in [0.29, 0.717) is 12.0 Å². The van der Waals surface area contributed by atoms with E-state index in [1.807, 2.05) is 13.8 Å². The highest BCUT2D eigenvalue weighted by Crippen LogP contribution is 2.22. The van der Waals surface area contributed by atoms with Crippen molar-refractivity contribution in [2.75, 3.05) is 20.6 Å². The first kappa shape index (κ1) is 29.0. The van der Waals surface area contributed by atoms with Crippen molar-refractivity contribution in [3.05, 3.63) is 45.8 Å². The molecule has 0 bridgehead atoms. The van der Waals surface area contributed by atoms with Gasteiger partial charge in [0.05, 0.1) is 0 Å². The Bertz CT molecular complexity index is 882. The molecule has 0 aliphatic carbocycles. The quantitative estimate of drug-likeness (QED) is 0.372. The maximum atomic E-state index is 13.6. The van der Waals surface area contributed by atoms with Gasteiger partial charge in [0.2, 0.25) is 24.3 Å². The number of rotatable bonds is 11. The van der Waals surface area contributed by atoms with Crippen molar-refractivity contribution in [3.63, 3.8) is 0 Å². The van der Waals surface area contributed by atoms with Crippen LogP contribution in [0.2, 0.25) is 0 Å². The van der Waals surface area contributed by atoms with Crippen LogP contribution in [0.5, 0.6) is 0 Å². The van der Waals surface area contributed by atoms with E-state index < -0.39 is 52.5 Å². The number of hydrogen-bond acceptors (Lipinski definition) is 5. The lowest BCUT2D eigenvalue weighted by molar-refractivity contribution is -0.486. The summed E-state index contributed by atoms with van der Waals surface area (Å²) in [7, 11) is 3.09. The molecule has 0 heterocycles. The number of amides is 3. The minimum absolute atomic E-state index is 0.0472. The lowest BCUT2D eigenvalue weighted by Gasteiger charge is -2.33. The molecule has 0 saturated carbocycles. The summed E-state index contributed by atoms with van der Waals surface area (Å²) in [6, 6.07) is 3.71. The molecule has 0 fully saturated rings. The monoisotopic (exact) mass is 480 g/mol. The molecule has 0 aliphatic rings. The molecule has 34 heavy (non-hydrogen) atoms. The maximum Gasteiger partial charge on any atom is 0.244 e. The Morgan fingerprint density at radius 1 is 1.12 bits per heavy atom. The van der Waals surface area contributed by atoms with Gasteiger partial charge < -0.3 is 15.5 Å². The molecule has 0 aliphatic heterocycles. The van der Waals surface area contributed by atoms with Gasteiger partial charge in [-0.05, 0) is 35.4 Å². The van der Waals surface area contributed by atoms with E-state index in [2.05, 4.69) is 10.6 Å². The zero-order chi connectivity index (χ0) is 26.2. The summed E-state index contributed by atoms with van der Waals surface area (Å²) in [6.07, 6.45) is 0.356. The first-order chi connectivity index (χ1) is 15.6. The van der Waals surface area contributed by atoms with Crippen LogP contribution in [0.25, 0.3) is 0 Å². The van der Waals surface area contributed by atoms with Crippen molar-refractivity contribution in [1.82, 2.24) is 15.5 Å². The van der Waals surface area contributed by atoms with Crippen LogP contribution in [0, 0.1) is 33.2 Å². The second kappa shape index (κ2) is 12.4. The molecule has 2 N–H and O–H groups in total. The molecular weight excluding hydrogens is 443 g/mol. The Morgan fingerprint density at radius 3 is 2.21 bits per heavy atom. The molecule has 1 rings (SSSR count). The van der Waals surface area contributed by atoms with Crippen LogP contribution >= 0.6 is 0 Å². The Labute approximate surface area is 200 Å². The topological polar surface area (TPSA) is 122 Å². The lowest BCUT2D eigenvalue weighted by atomic mass is 9.85. The highest BCUT2D eigenvalue weighted by atomic mass is 19.1. The Balaban J connectivity index is 3.15. The second-order valence-electron chi connectivity index (χ2n) is 10.3. The minimum atomic E-state index is -1.05. The molecule has 1 aromatic rings. The zero-order valence-electron chi connectivity index (χ0n) is 21.1. The molecule has 0 saturated heterocycles. The number of carbonyl (C=O) groups excluding carboxylic acids is 3. The van der Waals surface area contributed by atoms with Gasteiger partial charge >= 0.3 is 0 Å². The van der Waals surface area contributed by atoms with Crippen LogP contribution in [0.3, 0.4) is 0 Å². The molecule has 0 unspecified atom stereocenters. The smallest absolute Gasteiger partial charge is 0.244 e. The number of halogens is 1. The van der Waals surface area contributed by atoms with E-state index in [0.717, 1.165) is 0 Å². The lowest BCUT2D eigenvalue weighted by Crippen LogP contribution is -2.59. The summed E-state index contributed by atoms with van der Waals surface area (Å²) in [5.41, 5.74) is -0.221. The van der Waals surface area contributed by atoms with Gasteiger partial charge in [0.1, 0.15) is 23.8 Å². The Morgan fingerprint density at radius 2 is 1.74 bits per heavy atom. The van der Waals surface area contributed by atoms with Crippen molar-refractivity contribution in [2.24, 2.45) is 17.3 Å². The molecule has 10 heteroatoms. The molecule has 9 nitrogen and oxygen atoms in total. The minimum Gasteiger partial charge on any atom is -0.347 e. The van der Waals surface area contributed by atoms with Crippen LogP contribution < -0.4 is 10.6 Å². The predicted octanol–water partition coefficient (Wildman–Crippen LogP) is 2.41. The van der Waals surface area contributed by atoms with E-state index in [1.165, 1.54) is 23.1 Å². The van der Waals surface area contributed by atoms with Gasteiger partial charge in [-0.2, -0.15) is 0 Å². The van der Waals surface area contributed by atoms with Gasteiger partial charge in [-0.15, -0.1) is 0 Å². The van der Waals surface area contributed by atoms with Crippen molar-refractivity contribution >= 4 is 17.7 Å². The first-order valence-corrected chi connectivity index (χ1v) is 11.3. The summed E-state index contributed by atoms with van der Waals surface area (Å²) in [5, 5.41) is 16.4. The van der Waals surface area contributed by atoms with E-state index in [1.54, 1.807) is 40.9 Å². The van der Waals surface area contributed by atoms with Crippen LogP contribution in [0.1, 0.15) is 46.6 Å². The zero-order valence-corrected chi connectivity index (χ0v) is 21.1. The predicted molar refractivity (Wildman–Crippen MR) is 127 cm³/mol. The standard InChI is InChI=1S/C24H37FN4O5/c1-15(2)11-17(14-29(33)34)21(30)27-20(24(3,4)5)22(31)26-19(23(32)28(6)7)13-16-9-8-10-18(25)12-16/h8-10,12,15,17,19-20H,11,13-14H2,1-7H3,(H,26,31)(H,27,30)/t17-,19+,20-/m1/s1. The number of nitro groups is 1. The van der Waals surface area contributed by atoms with Crippen LogP contribution in [0.15, 0.2) is 24.3 Å². The molecule has 0 spiro atoms. The largest absolute Gasteiger partial charge is 0.347 e. The van der Waals surface area contributed by atoms with Gasteiger partial charge in [-0.1, -0.05) is 46.8 Å². The maximum absolute atomic E-state index is 13.6. The number of carbonyl (C=O) groups is 3. The molecule has 1 aromatic carbocycles. The number of benzene rings is 1. The summed E-state index contributed by atoms with van der Waals surface area (Å²) < 4.78 is 13.6. The molecule has 190 valence electrons. The number of likely N-dealkylation sites (N-methyl/N-ethyl adjacent to an activating group) is 1. The third kappa shape index (κ3) is 9.44.